The third-order valence-electron chi connectivity index (χ3n) is 3.22. The van der Waals surface area contributed by atoms with Gasteiger partial charge in [0.15, 0.2) is 4.67 Å². The Balaban J connectivity index is 1.90. The highest BCUT2D eigenvalue weighted by Gasteiger charge is 2.26. The van der Waals surface area contributed by atoms with E-state index in [-0.39, 0.29) is 11.8 Å². The van der Waals surface area contributed by atoms with E-state index in [4.69, 9.17) is 4.42 Å². The highest BCUT2D eigenvalue weighted by Crippen LogP contribution is 2.20. The summed E-state index contributed by atoms with van der Waals surface area (Å²) in [6, 6.07) is 1.65. The smallest absolute Gasteiger partial charge is 0.258 e. The van der Waals surface area contributed by atoms with Crippen molar-refractivity contribution in [2.45, 2.75) is 0 Å². The van der Waals surface area contributed by atoms with Crippen LogP contribution in [-0.2, 0) is 4.79 Å². The standard InChI is InChI=1S/C13H18BrN3O3/c1-15(2)9-11(18)16-4-6-17(7-5-16)13(19)10-3-8-20-12(10)14/h3,8H,4-7,9H2,1-2H3. The molecule has 2 amide bonds. The van der Waals surface area contributed by atoms with E-state index in [1.54, 1.807) is 15.9 Å². The Morgan fingerprint density at radius 2 is 1.85 bits per heavy atom. The van der Waals surface area contributed by atoms with Gasteiger partial charge in [0.1, 0.15) is 0 Å². The van der Waals surface area contributed by atoms with Crippen molar-refractivity contribution in [2.24, 2.45) is 0 Å². The van der Waals surface area contributed by atoms with Gasteiger partial charge in [-0.3, -0.25) is 9.59 Å². The van der Waals surface area contributed by atoms with Gasteiger partial charge in [-0.15, -0.1) is 0 Å². The molecule has 0 unspecified atom stereocenters. The molecule has 2 heterocycles. The summed E-state index contributed by atoms with van der Waals surface area (Å²) < 4.78 is 5.53. The number of likely N-dealkylation sites (N-methyl/N-ethyl adjacent to an activating group) is 1. The van der Waals surface area contributed by atoms with Gasteiger partial charge in [0, 0.05) is 26.2 Å². The third kappa shape index (κ3) is 3.40. The molecule has 0 N–H and O–H groups in total. The molecule has 0 bridgehead atoms. The Labute approximate surface area is 126 Å². The second kappa shape index (κ2) is 6.41. The fourth-order valence-corrected chi connectivity index (χ4v) is 2.56. The summed E-state index contributed by atoms with van der Waals surface area (Å²) >= 11 is 3.21. The zero-order chi connectivity index (χ0) is 14.7. The van der Waals surface area contributed by atoms with E-state index >= 15 is 0 Å². The summed E-state index contributed by atoms with van der Waals surface area (Å²) in [4.78, 5) is 29.6. The normalized spacial score (nSPS) is 15.8. The molecular weight excluding hydrogens is 326 g/mol. The predicted octanol–water partition coefficient (Wildman–Crippen LogP) is 0.888. The van der Waals surface area contributed by atoms with Gasteiger partial charge in [-0.1, -0.05) is 0 Å². The van der Waals surface area contributed by atoms with Crippen LogP contribution in [0.1, 0.15) is 10.4 Å². The highest BCUT2D eigenvalue weighted by molar-refractivity contribution is 9.10. The van der Waals surface area contributed by atoms with Crippen molar-refractivity contribution in [3.8, 4) is 0 Å². The number of hydrogen-bond donors (Lipinski definition) is 0. The molecule has 110 valence electrons. The van der Waals surface area contributed by atoms with Crippen LogP contribution in [0.2, 0.25) is 0 Å². The molecule has 1 fully saturated rings. The van der Waals surface area contributed by atoms with Gasteiger partial charge in [-0.05, 0) is 36.1 Å². The molecule has 2 rings (SSSR count). The number of carbonyl (C=O) groups excluding carboxylic acids is 2. The number of rotatable bonds is 3. The molecule has 0 spiro atoms. The monoisotopic (exact) mass is 343 g/mol. The quantitative estimate of drug-likeness (QED) is 0.817. The third-order valence-corrected chi connectivity index (χ3v) is 3.83. The van der Waals surface area contributed by atoms with Crippen molar-refractivity contribution >= 4 is 27.7 Å². The molecule has 0 atom stereocenters. The number of carbonyl (C=O) groups is 2. The molecule has 1 aliphatic rings. The minimum absolute atomic E-state index is 0.0645. The number of amides is 2. The van der Waals surface area contributed by atoms with Crippen LogP contribution in [0.25, 0.3) is 0 Å². The van der Waals surface area contributed by atoms with E-state index in [0.29, 0.717) is 43.0 Å². The van der Waals surface area contributed by atoms with Gasteiger partial charge in [-0.2, -0.15) is 0 Å². The summed E-state index contributed by atoms with van der Waals surface area (Å²) in [6.07, 6.45) is 1.48. The van der Waals surface area contributed by atoms with Crippen molar-refractivity contribution in [3.63, 3.8) is 0 Å². The molecule has 0 saturated carbocycles. The van der Waals surface area contributed by atoms with Gasteiger partial charge in [-0.25, -0.2) is 0 Å². The number of furan rings is 1. The number of halogens is 1. The Morgan fingerprint density at radius 3 is 2.35 bits per heavy atom. The highest BCUT2D eigenvalue weighted by atomic mass is 79.9. The average molecular weight is 344 g/mol. The zero-order valence-corrected chi connectivity index (χ0v) is 13.2. The van der Waals surface area contributed by atoms with E-state index < -0.39 is 0 Å². The Morgan fingerprint density at radius 1 is 1.25 bits per heavy atom. The Hall–Kier alpha value is -1.34. The largest absolute Gasteiger partial charge is 0.457 e. The van der Waals surface area contributed by atoms with Crippen LogP contribution in [0.3, 0.4) is 0 Å². The molecule has 1 aliphatic heterocycles. The maximum absolute atomic E-state index is 12.3. The zero-order valence-electron chi connectivity index (χ0n) is 11.6. The van der Waals surface area contributed by atoms with Crippen LogP contribution in [-0.4, -0.2) is 73.3 Å². The molecule has 1 saturated heterocycles. The first-order valence-electron chi connectivity index (χ1n) is 6.44. The van der Waals surface area contributed by atoms with Crippen LogP contribution < -0.4 is 0 Å². The van der Waals surface area contributed by atoms with E-state index in [2.05, 4.69) is 15.9 Å². The summed E-state index contributed by atoms with van der Waals surface area (Å²) in [5.74, 6) is 0.0388. The number of piperazine rings is 1. The summed E-state index contributed by atoms with van der Waals surface area (Å²) in [6.45, 7) is 2.66. The van der Waals surface area contributed by atoms with Crippen molar-refractivity contribution in [3.05, 3.63) is 22.6 Å². The van der Waals surface area contributed by atoms with Crippen molar-refractivity contribution in [1.82, 2.24) is 14.7 Å². The first-order chi connectivity index (χ1) is 9.49. The van der Waals surface area contributed by atoms with Crippen molar-refractivity contribution < 1.29 is 14.0 Å². The van der Waals surface area contributed by atoms with E-state index in [1.807, 2.05) is 19.0 Å². The predicted molar refractivity (Wildman–Crippen MR) is 77.4 cm³/mol. The lowest BCUT2D eigenvalue weighted by atomic mass is 10.2. The van der Waals surface area contributed by atoms with Crippen molar-refractivity contribution in [1.29, 1.82) is 0 Å². The first kappa shape index (κ1) is 15.1. The maximum atomic E-state index is 12.3. The lowest BCUT2D eigenvalue weighted by molar-refractivity contribution is -0.133. The molecule has 7 heteroatoms. The second-order valence-electron chi connectivity index (χ2n) is 5.02. The fourth-order valence-electron chi connectivity index (χ4n) is 2.15. The van der Waals surface area contributed by atoms with E-state index in [1.165, 1.54) is 6.26 Å². The van der Waals surface area contributed by atoms with Crippen LogP contribution >= 0.6 is 15.9 Å². The minimum Gasteiger partial charge on any atom is -0.457 e. The second-order valence-corrected chi connectivity index (χ2v) is 5.74. The van der Waals surface area contributed by atoms with Crippen LogP contribution in [0.5, 0.6) is 0 Å². The van der Waals surface area contributed by atoms with Gasteiger partial charge in [0.25, 0.3) is 5.91 Å². The molecule has 6 nitrogen and oxygen atoms in total. The lowest BCUT2D eigenvalue weighted by Crippen LogP contribution is -2.52. The number of nitrogens with zero attached hydrogens (tertiary/aromatic N) is 3. The van der Waals surface area contributed by atoms with Crippen LogP contribution in [0.4, 0.5) is 0 Å². The summed E-state index contributed by atoms with van der Waals surface area (Å²) in [5.41, 5.74) is 0.526. The lowest BCUT2D eigenvalue weighted by Gasteiger charge is -2.35. The number of hydrogen-bond acceptors (Lipinski definition) is 4. The van der Waals surface area contributed by atoms with Gasteiger partial charge in [0.05, 0.1) is 18.4 Å². The fraction of sp³-hybridized carbons (Fsp3) is 0.538. The Kier molecular flexibility index (Phi) is 4.82. The Bertz CT molecular complexity index is 493. The topological polar surface area (TPSA) is 57.0 Å². The van der Waals surface area contributed by atoms with Gasteiger partial charge < -0.3 is 19.1 Å². The van der Waals surface area contributed by atoms with Gasteiger partial charge >= 0.3 is 0 Å². The summed E-state index contributed by atoms with van der Waals surface area (Å²) in [7, 11) is 3.74. The molecule has 0 radical (unpaired) electrons. The molecular formula is C13H18BrN3O3. The van der Waals surface area contributed by atoms with E-state index in [9.17, 15) is 9.59 Å². The first-order valence-corrected chi connectivity index (χ1v) is 7.23. The van der Waals surface area contributed by atoms with Crippen molar-refractivity contribution in [2.75, 3.05) is 46.8 Å². The van der Waals surface area contributed by atoms with Crippen LogP contribution in [0, 0.1) is 0 Å². The average Bonchev–Trinajstić information content (AvgIpc) is 2.83. The molecule has 20 heavy (non-hydrogen) atoms. The molecule has 1 aromatic heterocycles. The molecule has 1 aromatic rings. The molecule has 0 aliphatic carbocycles. The maximum Gasteiger partial charge on any atom is 0.258 e. The SMILES string of the molecule is CN(C)CC(=O)N1CCN(C(=O)c2ccoc2Br)CC1. The van der Waals surface area contributed by atoms with E-state index in [0.717, 1.165) is 0 Å². The van der Waals surface area contributed by atoms with Crippen LogP contribution in [0.15, 0.2) is 21.4 Å². The molecule has 0 aromatic carbocycles. The minimum atomic E-state index is -0.0645. The van der Waals surface area contributed by atoms with Gasteiger partial charge in [0.2, 0.25) is 5.91 Å². The summed E-state index contributed by atoms with van der Waals surface area (Å²) in [5, 5.41) is 0.